The van der Waals surface area contributed by atoms with Crippen LogP contribution in [0.25, 0.3) is 16.7 Å². The number of hydrogen-bond acceptors (Lipinski definition) is 3. The summed E-state index contributed by atoms with van der Waals surface area (Å²) in [4.78, 5) is 23.5. The summed E-state index contributed by atoms with van der Waals surface area (Å²) in [6.07, 6.45) is 1.26. The zero-order valence-electron chi connectivity index (χ0n) is 11.9. The third-order valence-electron chi connectivity index (χ3n) is 3.47. The van der Waals surface area contributed by atoms with Crippen molar-refractivity contribution in [3.05, 3.63) is 57.8 Å². The van der Waals surface area contributed by atoms with E-state index < -0.39 is 11.4 Å². The van der Waals surface area contributed by atoms with Gasteiger partial charge in [0.1, 0.15) is 17.0 Å². The van der Waals surface area contributed by atoms with Crippen LogP contribution in [0.2, 0.25) is 0 Å². The Morgan fingerprint density at radius 1 is 1.27 bits per heavy atom. The van der Waals surface area contributed by atoms with Gasteiger partial charge in [0, 0.05) is 13.2 Å². The molecule has 6 nitrogen and oxygen atoms in total. The molecule has 0 aliphatic carbocycles. The lowest BCUT2D eigenvalue weighted by atomic mass is 10.2. The van der Waals surface area contributed by atoms with E-state index in [1.54, 1.807) is 14.0 Å². The van der Waals surface area contributed by atoms with Crippen LogP contribution in [0.5, 0.6) is 0 Å². The SMILES string of the molecule is Cc1nn(-c2ccc(F)cc2)c2c1c(=O)c(C(=O)O)cn2C. The average molecular weight is 301 g/mol. The zero-order chi connectivity index (χ0) is 16.0. The standard InChI is InChI=1S/C15H12FN3O3/c1-8-12-13(20)11(15(21)22)7-18(2)14(12)19(17-8)10-5-3-9(16)4-6-10/h3-7H,1-2H3,(H,21,22). The molecule has 2 aromatic heterocycles. The Hall–Kier alpha value is -2.96. The second kappa shape index (κ2) is 4.80. The van der Waals surface area contributed by atoms with Crippen molar-refractivity contribution in [3.8, 4) is 5.69 Å². The summed E-state index contributed by atoms with van der Waals surface area (Å²) < 4.78 is 16.1. The molecule has 0 amide bonds. The zero-order valence-corrected chi connectivity index (χ0v) is 11.9. The van der Waals surface area contributed by atoms with Gasteiger partial charge in [-0.1, -0.05) is 0 Å². The Balaban J connectivity index is 2.40. The summed E-state index contributed by atoms with van der Waals surface area (Å²) in [6, 6.07) is 5.66. The molecule has 1 N–H and O–H groups in total. The third-order valence-corrected chi connectivity index (χ3v) is 3.47. The fourth-order valence-corrected chi connectivity index (χ4v) is 2.47. The number of fused-ring (bicyclic) bond motifs is 1. The second-order valence-electron chi connectivity index (χ2n) is 4.96. The molecule has 0 radical (unpaired) electrons. The van der Waals surface area contributed by atoms with Crippen LogP contribution in [-0.4, -0.2) is 25.4 Å². The van der Waals surface area contributed by atoms with Crippen molar-refractivity contribution in [2.45, 2.75) is 6.92 Å². The minimum Gasteiger partial charge on any atom is -0.477 e. The molecule has 0 aliphatic heterocycles. The van der Waals surface area contributed by atoms with Gasteiger partial charge in [0.25, 0.3) is 0 Å². The van der Waals surface area contributed by atoms with Gasteiger partial charge in [-0.15, -0.1) is 0 Å². The van der Waals surface area contributed by atoms with Gasteiger partial charge in [-0.3, -0.25) is 4.79 Å². The maximum atomic E-state index is 13.1. The number of pyridine rings is 1. The molecule has 22 heavy (non-hydrogen) atoms. The number of carbonyl (C=O) groups is 1. The Bertz CT molecular complexity index is 955. The van der Waals surface area contributed by atoms with E-state index in [-0.39, 0.29) is 16.8 Å². The van der Waals surface area contributed by atoms with Crippen LogP contribution in [0.4, 0.5) is 4.39 Å². The van der Waals surface area contributed by atoms with E-state index in [9.17, 15) is 14.0 Å². The molecule has 7 heteroatoms. The fraction of sp³-hybridized carbons (Fsp3) is 0.133. The Kier molecular flexibility index (Phi) is 3.05. The molecule has 0 saturated carbocycles. The minimum absolute atomic E-state index is 0.242. The first-order chi connectivity index (χ1) is 10.4. The van der Waals surface area contributed by atoms with Crippen LogP contribution in [0.15, 0.2) is 35.3 Å². The molecule has 0 saturated heterocycles. The third kappa shape index (κ3) is 1.98. The molecular formula is C15H12FN3O3. The first-order valence-corrected chi connectivity index (χ1v) is 6.48. The molecule has 0 aliphatic rings. The maximum Gasteiger partial charge on any atom is 0.341 e. The summed E-state index contributed by atoms with van der Waals surface area (Å²) in [6.45, 7) is 1.63. The van der Waals surface area contributed by atoms with Gasteiger partial charge in [-0.2, -0.15) is 5.10 Å². The summed E-state index contributed by atoms with van der Waals surface area (Å²) in [5.74, 6) is -1.66. The monoisotopic (exact) mass is 301 g/mol. The number of carboxylic acids is 1. The molecular weight excluding hydrogens is 289 g/mol. The summed E-state index contributed by atoms with van der Waals surface area (Å²) in [7, 11) is 1.63. The van der Waals surface area contributed by atoms with Gasteiger partial charge in [0.2, 0.25) is 5.43 Å². The van der Waals surface area contributed by atoms with Gasteiger partial charge in [0.05, 0.1) is 16.8 Å². The smallest absolute Gasteiger partial charge is 0.341 e. The van der Waals surface area contributed by atoms with Crippen molar-refractivity contribution in [3.63, 3.8) is 0 Å². The first kappa shape index (κ1) is 14.0. The first-order valence-electron chi connectivity index (χ1n) is 6.48. The highest BCUT2D eigenvalue weighted by Gasteiger charge is 2.20. The molecule has 1 aromatic carbocycles. The van der Waals surface area contributed by atoms with E-state index in [0.29, 0.717) is 17.0 Å². The Labute approximate surface area is 124 Å². The highest BCUT2D eigenvalue weighted by atomic mass is 19.1. The van der Waals surface area contributed by atoms with Crippen LogP contribution in [0.1, 0.15) is 16.1 Å². The Morgan fingerprint density at radius 2 is 1.91 bits per heavy atom. The van der Waals surface area contributed by atoms with Gasteiger partial charge in [-0.05, 0) is 31.2 Å². The van der Waals surface area contributed by atoms with Crippen LogP contribution in [0, 0.1) is 12.7 Å². The minimum atomic E-state index is -1.28. The number of aromatic carboxylic acids is 1. The molecule has 0 bridgehead atoms. The molecule has 3 rings (SSSR count). The second-order valence-corrected chi connectivity index (χ2v) is 4.96. The number of aryl methyl sites for hydroxylation is 2. The molecule has 3 aromatic rings. The van der Waals surface area contributed by atoms with E-state index in [0.717, 1.165) is 0 Å². The number of hydrogen-bond donors (Lipinski definition) is 1. The number of benzene rings is 1. The van der Waals surface area contributed by atoms with Gasteiger partial charge in [-0.25, -0.2) is 13.9 Å². The highest BCUT2D eigenvalue weighted by Crippen LogP contribution is 2.19. The van der Waals surface area contributed by atoms with Crippen molar-refractivity contribution in [2.24, 2.45) is 7.05 Å². The fourth-order valence-electron chi connectivity index (χ4n) is 2.47. The van der Waals surface area contributed by atoms with Gasteiger partial charge >= 0.3 is 5.97 Å². The van der Waals surface area contributed by atoms with E-state index >= 15 is 0 Å². The normalized spacial score (nSPS) is 11.0. The van der Waals surface area contributed by atoms with Gasteiger partial charge in [0.15, 0.2) is 0 Å². The summed E-state index contributed by atoms with van der Waals surface area (Å²) >= 11 is 0. The number of rotatable bonds is 2. The van der Waals surface area contributed by atoms with Crippen LogP contribution in [-0.2, 0) is 7.05 Å². The largest absolute Gasteiger partial charge is 0.477 e. The summed E-state index contributed by atoms with van der Waals surface area (Å²) in [5, 5.41) is 13.6. The van der Waals surface area contributed by atoms with Crippen molar-refractivity contribution in [1.82, 2.24) is 14.3 Å². The van der Waals surface area contributed by atoms with E-state index in [2.05, 4.69) is 5.10 Å². The lowest BCUT2D eigenvalue weighted by Gasteiger charge is -2.08. The van der Waals surface area contributed by atoms with Crippen LogP contribution in [0.3, 0.4) is 0 Å². The lowest BCUT2D eigenvalue weighted by Crippen LogP contribution is -2.18. The molecule has 0 spiro atoms. The molecule has 0 unspecified atom stereocenters. The van der Waals surface area contributed by atoms with E-state index in [1.165, 1.54) is 39.7 Å². The predicted molar refractivity (Wildman–Crippen MR) is 78.0 cm³/mol. The molecule has 0 fully saturated rings. The van der Waals surface area contributed by atoms with Crippen molar-refractivity contribution in [1.29, 1.82) is 0 Å². The lowest BCUT2D eigenvalue weighted by molar-refractivity contribution is 0.0695. The van der Waals surface area contributed by atoms with E-state index in [1.807, 2.05) is 0 Å². The molecule has 112 valence electrons. The van der Waals surface area contributed by atoms with Crippen LogP contribution < -0.4 is 5.43 Å². The Morgan fingerprint density at radius 3 is 2.50 bits per heavy atom. The maximum absolute atomic E-state index is 13.1. The number of halogens is 1. The molecule has 0 atom stereocenters. The van der Waals surface area contributed by atoms with E-state index in [4.69, 9.17) is 5.11 Å². The highest BCUT2D eigenvalue weighted by molar-refractivity contribution is 5.92. The van der Waals surface area contributed by atoms with Crippen molar-refractivity contribution < 1.29 is 14.3 Å². The van der Waals surface area contributed by atoms with Crippen molar-refractivity contribution >= 4 is 17.0 Å². The molecule has 2 heterocycles. The average Bonchev–Trinajstić information content (AvgIpc) is 2.82. The van der Waals surface area contributed by atoms with Crippen LogP contribution >= 0.6 is 0 Å². The number of aromatic nitrogens is 3. The predicted octanol–water partition coefficient (Wildman–Crippen LogP) is 1.87. The quantitative estimate of drug-likeness (QED) is 0.784. The number of nitrogens with zero attached hydrogens (tertiary/aromatic N) is 3. The number of carboxylic acid groups (broad SMARTS) is 1. The van der Waals surface area contributed by atoms with Crippen molar-refractivity contribution in [2.75, 3.05) is 0 Å². The summed E-state index contributed by atoms with van der Waals surface area (Å²) in [5.41, 5.74) is 0.572. The van der Waals surface area contributed by atoms with Gasteiger partial charge < -0.3 is 9.67 Å². The topological polar surface area (TPSA) is 77.1 Å².